The second kappa shape index (κ2) is 12.9. The Morgan fingerprint density at radius 3 is 1.66 bits per heavy atom. The summed E-state index contributed by atoms with van der Waals surface area (Å²) in [7, 11) is 0. The predicted octanol–water partition coefficient (Wildman–Crippen LogP) is 13.9. The van der Waals surface area contributed by atoms with Gasteiger partial charge in [0.25, 0.3) is 0 Å². The van der Waals surface area contributed by atoms with E-state index in [0.717, 1.165) is 77.9 Å². The lowest BCUT2D eigenvalue weighted by molar-refractivity contribution is 0.620. The molecule has 4 heteroatoms. The minimum absolute atomic E-state index is 0.622. The number of hydrogen-bond donors (Lipinski definition) is 0. The predicted molar refractivity (Wildman–Crippen MR) is 218 cm³/mol. The largest absolute Gasteiger partial charge is 0.455 e. The van der Waals surface area contributed by atoms with E-state index in [1.807, 2.05) is 30.3 Å². The van der Waals surface area contributed by atoms with Crippen molar-refractivity contribution in [3.05, 3.63) is 194 Å². The second-order valence-electron chi connectivity index (χ2n) is 13.2. The summed E-state index contributed by atoms with van der Waals surface area (Å²) in [6, 6.07) is 67.6. The van der Waals surface area contributed by atoms with Gasteiger partial charge in [-0.15, -0.1) is 0 Å². The van der Waals surface area contributed by atoms with Gasteiger partial charge in [-0.25, -0.2) is 4.98 Å². The Balaban J connectivity index is 0.965. The molecular weight excluding hydrogens is 649 g/mol. The molecule has 0 saturated carbocycles. The van der Waals surface area contributed by atoms with Crippen molar-refractivity contribution in [1.82, 2.24) is 4.98 Å². The van der Waals surface area contributed by atoms with E-state index in [1.165, 1.54) is 11.1 Å². The molecule has 10 rings (SSSR count). The van der Waals surface area contributed by atoms with Crippen molar-refractivity contribution in [2.24, 2.45) is 0 Å². The summed E-state index contributed by atoms with van der Waals surface area (Å²) < 4.78 is 12.6. The fourth-order valence-electron chi connectivity index (χ4n) is 7.25. The number of para-hydroxylation sites is 4. The smallest absolute Gasteiger partial charge is 0.227 e. The number of furan rings is 1. The highest BCUT2D eigenvalue weighted by Gasteiger charge is 2.16. The first-order valence-corrected chi connectivity index (χ1v) is 17.8. The summed E-state index contributed by atoms with van der Waals surface area (Å²) in [6.45, 7) is 0. The van der Waals surface area contributed by atoms with Crippen LogP contribution in [0.15, 0.2) is 203 Å². The molecule has 0 unspecified atom stereocenters. The Hall–Kier alpha value is -7.17. The van der Waals surface area contributed by atoms with E-state index in [2.05, 4.69) is 174 Å². The zero-order valence-electron chi connectivity index (χ0n) is 28.7. The quantitative estimate of drug-likeness (QED) is 0.168. The summed E-state index contributed by atoms with van der Waals surface area (Å²) in [4.78, 5) is 6.95. The van der Waals surface area contributed by atoms with Crippen molar-refractivity contribution < 1.29 is 8.83 Å². The molecule has 53 heavy (non-hydrogen) atoms. The maximum absolute atomic E-state index is 6.66. The zero-order valence-corrected chi connectivity index (χ0v) is 28.7. The molecule has 8 aromatic carbocycles. The lowest BCUT2D eigenvalue weighted by Gasteiger charge is -2.26. The second-order valence-corrected chi connectivity index (χ2v) is 13.2. The van der Waals surface area contributed by atoms with E-state index in [0.29, 0.717) is 5.89 Å². The molecule has 0 bridgehead atoms. The van der Waals surface area contributed by atoms with Crippen molar-refractivity contribution in [2.75, 3.05) is 4.90 Å². The first-order chi connectivity index (χ1) is 26.2. The molecule has 0 fully saturated rings. The third kappa shape index (κ3) is 5.63. The van der Waals surface area contributed by atoms with Crippen LogP contribution in [0.2, 0.25) is 0 Å². The number of anilines is 3. The van der Waals surface area contributed by atoms with Crippen molar-refractivity contribution >= 4 is 50.1 Å². The van der Waals surface area contributed by atoms with Crippen LogP contribution in [0.4, 0.5) is 17.1 Å². The van der Waals surface area contributed by atoms with Crippen molar-refractivity contribution in [2.45, 2.75) is 0 Å². The van der Waals surface area contributed by atoms with Gasteiger partial charge in [0, 0.05) is 39.0 Å². The van der Waals surface area contributed by atoms with E-state index in [9.17, 15) is 0 Å². The molecule has 0 amide bonds. The van der Waals surface area contributed by atoms with Crippen molar-refractivity contribution in [3.8, 4) is 44.8 Å². The van der Waals surface area contributed by atoms with Gasteiger partial charge in [-0.2, -0.15) is 0 Å². The van der Waals surface area contributed by atoms with Crippen LogP contribution in [-0.4, -0.2) is 4.98 Å². The van der Waals surface area contributed by atoms with Gasteiger partial charge in [-0.05, 0) is 101 Å². The number of nitrogens with zero attached hydrogens (tertiary/aromatic N) is 2. The average Bonchev–Trinajstić information content (AvgIpc) is 3.84. The third-order valence-electron chi connectivity index (χ3n) is 9.94. The molecular formula is C49H32N2O2. The summed E-state index contributed by atoms with van der Waals surface area (Å²) in [5.74, 6) is 0.622. The van der Waals surface area contributed by atoms with Crippen LogP contribution >= 0.6 is 0 Å². The van der Waals surface area contributed by atoms with Crippen LogP contribution in [0.5, 0.6) is 0 Å². The summed E-state index contributed by atoms with van der Waals surface area (Å²) in [5.41, 5.74) is 14.4. The van der Waals surface area contributed by atoms with Crippen molar-refractivity contribution in [1.29, 1.82) is 0 Å². The molecule has 10 aromatic rings. The van der Waals surface area contributed by atoms with Crippen LogP contribution in [0.25, 0.3) is 77.9 Å². The summed E-state index contributed by atoms with van der Waals surface area (Å²) in [5, 5.41) is 2.20. The van der Waals surface area contributed by atoms with Crippen LogP contribution < -0.4 is 4.90 Å². The molecule has 0 aliphatic heterocycles. The van der Waals surface area contributed by atoms with Crippen molar-refractivity contribution in [3.63, 3.8) is 0 Å². The van der Waals surface area contributed by atoms with E-state index < -0.39 is 0 Å². The molecule has 0 radical (unpaired) electrons. The molecule has 2 heterocycles. The molecule has 0 N–H and O–H groups in total. The standard InChI is InChI=1S/C49H32N2O2/c1-3-10-33(11-4-1)34-22-27-40(28-23-34)51(39-12-5-2-6-13-39)41-29-24-36(25-30-41)42-14-9-15-44-43-31-26-38(32-47(43)52-48(42)44)35-18-20-37(21-19-35)49-50-45-16-7-8-17-46(45)53-49/h1-32H. The van der Waals surface area contributed by atoms with E-state index >= 15 is 0 Å². The number of benzene rings is 8. The van der Waals surface area contributed by atoms with Crippen LogP contribution in [0.1, 0.15) is 0 Å². The zero-order chi connectivity index (χ0) is 35.1. The fraction of sp³-hybridized carbons (Fsp3) is 0. The highest BCUT2D eigenvalue weighted by Crippen LogP contribution is 2.40. The van der Waals surface area contributed by atoms with Gasteiger partial charge >= 0.3 is 0 Å². The highest BCUT2D eigenvalue weighted by atomic mass is 16.3. The van der Waals surface area contributed by atoms with Gasteiger partial charge in [0.05, 0.1) is 0 Å². The van der Waals surface area contributed by atoms with E-state index in [4.69, 9.17) is 8.83 Å². The molecule has 2 aromatic heterocycles. The third-order valence-corrected chi connectivity index (χ3v) is 9.94. The molecule has 0 spiro atoms. The first kappa shape index (κ1) is 30.6. The van der Waals surface area contributed by atoms with Gasteiger partial charge in [-0.3, -0.25) is 0 Å². The van der Waals surface area contributed by atoms with Gasteiger partial charge in [0.15, 0.2) is 5.58 Å². The maximum Gasteiger partial charge on any atom is 0.227 e. The topological polar surface area (TPSA) is 42.4 Å². The van der Waals surface area contributed by atoms with Gasteiger partial charge in [0.1, 0.15) is 16.7 Å². The minimum Gasteiger partial charge on any atom is -0.455 e. The van der Waals surface area contributed by atoms with Crippen LogP contribution in [-0.2, 0) is 0 Å². The number of oxazole rings is 1. The Labute approximate surface area is 306 Å². The first-order valence-electron chi connectivity index (χ1n) is 17.8. The molecule has 0 saturated heterocycles. The van der Waals surface area contributed by atoms with Gasteiger partial charge in [-0.1, -0.05) is 121 Å². The molecule has 0 atom stereocenters. The number of fused-ring (bicyclic) bond motifs is 4. The monoisotopic (exact) mass is 680 g/mol. The summed E-state index contributed by atoms with van der Waals surface area (Å²) >= 11 is 0. The van der Waals surface area contributed by atoms with Gasteiger partial charge in [0.2, 0.25) is 5.89 Å². The SMILES string of the molecule is c1ccc(-c2ccc(N(c3ccccc3)c3ccc(-c4cccc5c4oc4cc(-c6ccc(-c7nc8ccccc8o7)cc6)ccc45)cc3)cc2)cc1. The van der Waals surface area contributed by atoms with E-state index in [-0.39, 0.29) is 0 Å². The highest BCUT2D eigenvalue weighted by molar-refractivity contribution is 6.10. The molecule has 4 nitrogen and oxygen atoms in total. The van der Waals surface area contributed by atoms with Crippen LogP contribution in [0, 0.1) is 0 Å². The lowest BCUT2D eigenvalue weighted by Crippen LogP contribution is -2.09. The molecule has 0 aliphatic carbocycles. The fourth-order valence-corrected chi connectivity index (χ4v) is 7.25. The Kier molecular flexibility index (Phi) is 7.43. The maximum atomic E-state index is 6.66. The van der Waals surface area contributed by atoms with E-state index in [1.54, 1.807) is 0 Å². The Morgan fingerprint density at radius 1 is 0.358 bits per heavy atom. The Bertz CT molecular complexity index is 2820. The Morgan fingerprint density at radius 2 is 0.925 bits per heavy atom. The van der Waals surface area contributed by atoms with Gasteiger partial charge < -0.3 is 13.7 Å². The number of rotatable bonds is 7. The minimum atomic E-state index is 0.622. The lowest BCUT2D eigenvalue weighted by atomic mass is 10.00. The average molecular weight is 681 g/mol. The van der Waals surface area contributed by atoms with Crippen LogP contribution in [0.3, 0.4) is 0 Å². The number of hydrogen-bond acceptors (Lipinski definition) is 4. The molecule has 0 aliphatic rings. The molecule has 250 valence electrons. The summed E-state index contributed by atoms with van der Waals surface area (Å²) in [6.07, 6.45) is 0. The number of aromatic nitrogens is 1. The normalized spacial score (nSPS) is 11.4.